The van der Waals surface area contributed by atoms with Crippen molar-refractivity contribution >= 4 is 0 Å². The van der Waals surface area contributed by atoms with Crippen molar-refractivity contribution in [3.05, 3.63) is 57.7 Å². The van der Waals surface area contributed by atoms with Gasteiger partial charge in [0, 0.05) is 17.5 Å². The van der Waals surface area contributed by atoms with E-state index in [4.69, 9.17) is 0 Å². The van der Waals surface area contributed by atoms with Gasteiger partial charge < -0.3 is 0 Å². The minimum absolute atomic E-state index is 0.731. The van der Waals surface area contributed by atoms with Crippen LogP contribution in [-0.4, -0.2) is 0 Å². The van der Waals surface area contributed by atoms with Crippen LogP contribution in [0.3, 0.4) is 0 Å². The Hall–Kier alpha value is -1.86. The molecule has 0 aromatic heterocycles. The van der Waals surface area contributed by atoms with Crippen molar-refractivity contribution in [1.29, 1.82) is 0 Å². The van der Waals surface area contributed by atoms with Crippen LogP contribution in [0.4, 0.5) is 35.1 Å². The molecular weight excluding hydrogens is 308 g/mol. The SMILES string of the molecule is Cc1c(F)c(F)c(C2CC(F)=C(F)C(F)=C2F)c(F)c1F. The van der Waals surface area contributed by atoms with Crippen LogP contribution >= 0.6 is 0 Å². The lowest BCUT2D eigenvalue weighted by Gasteiger charge is -2.21. The number of rotatable bonds is 1. The molecular formula is C13H6F8. The summed E-state index contributed by atoms with van der Waals surface area (Å²) >= 11 is 0. The molecule has 1 aromatic rings. The Morgan fingerprint density at radius 2 is 1.19 bits per heavy atom. The number of hydrogen-bond acceptors (Lipinski definition) is 0. The monoisotopic (exact) mass is 314 g/mol. The van der Waals surface area contributed by atoms with Gasteiger partial charge in [-0.05, 0) is 6.92 Å². The Morgan fingerprint density at radius 3 is 1.67 bits per heavy atom. The predicted octanol–water partition coefficient (Wildman–Crippen LogP) is 5.34. The molecule has 0 saturated heterocycles. The highest BCUT2D eigenvalue weighted by Gasteiger charge is 2.38. The minimum Gasteiger partial charge on any atom is -0.208 e. The second kappa shape index (κ2) is 5.16. The van der Waals surface area contributed by atoms with Crippen LogP contribution in [0, 0.1) is 30.2 Å². The molecule has 0 N–H and O–H groups in total. The summed E-state index contributed by atoms with van der Waals surface area (Å²) < 4.78 is 107. The molecule has 0 fully saturated rings. The third kappa shape index (κ3) is 2.22. The highest BCUT2D eigenvalue weighted by molar-refractivity contribution is 5.41. The summed E-state index contributed by atoms with van der Waals surface area (Å²) in [4.78, 5) is 0. The molecule has 1 aliphatic rings. The molecule has 114 valence electrons. The van der Waals surface area contributed by atoms with E-state index >= 15 is 0 Å². The van der Waals surface area contributed by atoms with Crippen LogP contribution in [0.25, 0.3) is 0 Å². The highest BCUT2D eigenvalue weighted by atomic mass is 19.2. The van der Waals surface area contributed by atoms with E-state index in [0.29, 0.717) is 0 Å². The highest BCUT2D eigenvalue weighted by Crippen LogP contribution is 2.45. The van der Waals surface area contributed by atoms with Crippen molar-refractivity contribution in [3.8, 4) is 0 Å². The van der Waals surface area contributed by atoms with Gasteiger partial charge in [0.2, 0.25) is 0 Å². The fourth-order valence-corrected chi connectivity index (χ4v) is 2.03. The van der Waals surface area contributed by atoms with E-state index in [1.165, 1.54) is 0 Å². The van der Waals surface area contributed by atoms with Crippen LogP contribution < -0.4 is 0 Å². The topological polar surface area (TPSA) is 0 Å². The molecule has 1 atom stereocenters. The fourth-order valence-electron chi connectivity index (χ4n) is 2.03. The van der Waals surface area contributed by atoms with Crippen LogP contribution in [0.1, 0.15) is 23.5 Å². The van der Waals surface area contributed by atoms with E-state index in [-0.39, 0.29) is 0 Å². The standard InChI is InChI=1S/C13H6F8/c1-3-7(15)11(19)6(12(20)8(3)16)4-2-5(14)10(18)13(21)9(4)17/h4H,2H2,1H3. The smallest absolute Gasteiger partial charge is 0.193 e. The molecule has 0 nitrogen and oxygen atoms in total. The average Bonchev–Trinajstić information content (AvgIpc) is 2.46. The summed E-state index contributed by atoms with van der Waals surface area (Å²) in [5.74, 6) is -18.2. The van der Waals surface area contributed by atoms with Crippen LogP contribution in [0.15, 0.2) is 23.3 Å². The summed E-state index contributed by atoms with van der Waals surface area (Å²) in [6.45, 7) is 0.731. The average molecular weight is 314 g/mol. The first kappa shape index (κ1) is 15.5. The summed E-state index contributed by atoms with van der Waals surface area (Å²) in [6.07, 6.45) is -1.29. The first-order valence-electron chi connectivity index (χ1n) is 5.60. The zero-order chi connectivity index (χ0) is 16.1. The van der Waals surface area contributed by atoms with E-state index in [9.17, 15) is 35.1 Å². The van der Waals surface area contributed by atoms with Crippen molar-refractivity contribution < 1.29 is 35.1 Å². The summed E-state index contributed by atoms with van der Waals surface area (Å²) in [7, 11) is 0. The molecule has 8 heteroatoms. The Balaban J connectivity index is 2.71. The molecule has 0 aliphatic heterocycles. The number of hydrogen-bond donors (Lipinski definition) is 0. The Bertz CT molecular complexity index is 657. The van der Waals surface area contributed by atoms with Gasteiger partial charge in [-0.1, -0.05) is 0 Å². The van der Waals surface area contributed by atoms with Crippen molar-refractivity contribution in [2.75, 3.05) is 0 Å². The molecule has 21 heavy (non-hydrogen) atoms. The Morgan fingerprint density at radius 1 is 0.714 bits per heavy atom. The second-order valence-corrected chi connectivity index (χ2v) is 4.43. The molecule has 0 heterocycles. The van der Waals surface area contributed by atoms with Crippen molar-refractivity contribution in [3.63, 3.8) is 0 Å². The van der Waals surface area contributed by atoms with Crippen LogP contribution in [-0.2, 0) is 0 Å². The van der Waals surface area contributed by atoms with Crippen molar-refractivity contribution in [2.24, 2.45) is 0 Å². The summed E-state index contributed by atoms with van der Waals surface area (Å²) in [6, 6.07) is 0. The minimum atomic E-state index is -2.32. The van der Waals surface area contributed by atoms with Gasteiger partial charge in [0.15, 0.2) is 34.9 Å². The van der Waals surface area contributed by atoms with Gasteiger partial charge >= 0.3 is 0 Å². The lowest BCUT2D eigenvalue weighted by Crippen LogP contribution is -2.15. The molecule has 1 aliphatic carbocycles. The molecule has 0 amide bonds. The molecule has 0 bridgehead atoms. The fraction of sp³-hybridized carbons (Fsp3) is 0.231. The zero-order valence-corrected chi connectivity index (χ0v) is 10.3. The maximum Gasteiger partial charge on any atom is 0.193 e. The molecule has 2 rings (SSSR count). The normalized spacial score (nSPS) is 19.6. The maximum atomic E-state index is 13.7. The zero-order valence-electron chi connectivity index (χ0n) is 10.3. The van der Waals surface area contributed by atoms with E-state index in [1.807, 2.05) is 0 Å². The summed E-state index contributed by atoms with van der Waals surface area (Å²) in [5.41, 5.74) is -2.53. The van der Waals surface area contributed by atoms with E-state index in [1.54, 1.807) is 0 Å². The van der Waals surface area contributed by atoms with Crippen molar-refractivity contribution in [1.82, 2.24) is 0 Å². The Labute approximate surface area is 113 Å². The van der Waals surface area contributed by atoms with E-state index in [2.05, 4.69) is 0 Å². The first-order valence-corrected chi connectivity index (χ1v) is 5.60. The molecule has 0 radical (unpaired) electrons. The lowest BCUT2D eigenvalue weighted by molar-refractivity contribution is 0.366. The molecule has 0 saturated carbocycles. The second-order valence-electron chi connectivity index (χ2n) is 4.43. The van der Waals surface area contributed by atoms with Gasteiger partial charge in [0.25, 0.3) is 0 Å². The van der Waals surface area contributed by atoms with E-state index < -0.39 is 70.0 Å². The van der Waals surface area contributed by atoms with Crippen LogP contribution in [0.5, 0.6) is 0 Å². The molecule has 0 spiro atoms. The van der Waals surface area contributed by atoms with Gasteiger partial charge in [-0.3, -0.25) is 0 Å². The number of halogens is 8. The number of allylic oxidation sites excluding steroid dienone is 4. The molecule has 1 aromatic carbocycles. The first-order chi connectivity index (χ1) is 9.68. The molecule has 1 unspecified atom stereocenters. The predicted molar refractivity (Wildman–Crippen MR) is 56.9 cm³/mol. The summed E-state index contributed by atoms with van der Waals surface area (Å²) in [5, 5.41) is 0. The maximum absolute atomic E-state index is 13.7. The van der Waals surface area contributed by atoms with Gasteiger partial charge in [-0.2, -0.15) is 0 Å². The van der Waals surface area contributed by atoms with Gasteiger partial charge in [0.1, 0.15) is 11.7 Å². The van der Waals surface area contributed by atoms with Crippen molar-refractivity contribution in [2.45, 2.75) is 19.3 Å². The van der Waals surface area contributed by atoms with E-state index in [0.717, 1.165) is 6.92 Å². The third-order valence-electron chi connectivity index (χ3n) is 3.20. The third-order valence-corrected chi connectivity index (χ3v) is 3.20. The number of benzene rings is 1. The van der Waals surface area contributed by atoms with Gasteiger partial charge in [-0.15, -0.1) is 0 Å². The van der Waals surface area contributed by atoms with Gasteiger partial charge in [-0.25, -0.2) is 35.1 Å². The van der Waals surface area contributed by atoms with Gasteiger partial charge in [0.05, 0.1) is 5.92 Å². The largest absolute Gasteiger partial charge is 0.208 e. The van der Waals surface area contributed by atoms with Crippen LogP contribution in [0.2, 0.25) is 0 Å². The Kier molecular flexibility index (Phi) is 3.81. The quantitative estimate of drug-likeness (QED) is 0.485. The lowest BCUT2D eigenvalue weighted by atomic mass is 9.88.